The number of fused-ring (bicyclic) bond motifs is 2. The number of aromatic nitrogens is 4. The van der Waals surface area contributed by atoms with Gasteiger partial charge in [0.1, 0.15) is 17.9 Å². The third-order valence-corrected chi connectivity index (χ3v) is 4.71. The number of pyridine rings is 1. The lowest BCUT2D eigenvalue weighted by Crippen LogP contribution is -2.31. The van der Waals surface area contributed by atoms with E-state index >= 15 is 0 Å². The lowest BCUT2D eigenvalue weighted by atomic mass is 10.2. The Hall–Kier alpha value is -3.62. The summed E-state index contributed by atoms with van der Waals surface area (Å²) >= 11 is 0. The molecule has 9 nitrogen and oxygen atoms in total. The van der Waals surface area contributed by atoms with Crippen LogP contribution in [0.25, 0.3) is 28.1 Å². The van der Waals surface area contributed by atoms with Crippen molar-refractivity contribution in [3.05, 3.63) is 36.7 Å². The number of furan rings is 1. The van der Waals surface area contributed by atoms with Gasteiger partial charge in [-0.05, 0) is 18.6 Å². The third kappa shape index (κ3) is 2.81. The monoisotopic (exact) mass is 379 g/mol. The van der Waals surface area contributed by atoms with E-state index in [1.807, 2.05) is 12.1 Å². The van der Waals surface area contributed by atoms with Gasteiger partial charge in [-0.3, -0.25) is 4.79 Å². The van der Waals surface area contributed by atoms with Crippen molar-refractivity contribution in [3.63, 3.8) is 0 Å². The quantitative estimate of drug-likeness (QED) is 0.567. The van der Waals surface area contributed by atoms with Crippen LogP contribution in [0.1, 0.15) is 12.8 Å². The predicted octanol–water partition coefficient (Wildman–Crippen LogP) is 2.20. The maximum atomic E-state index is 11.3. The minimum absolute atomic E-state index is 0.0163. The van der Waals surface area contributed by atoms with Gasteiger partial charge < -0.3 is 19.2 Å². The molecule has 0 aliphatic carbocycles. The molecule has 0 bridgehead atoms. The average molecular weight is 379 g/mol. The summed E-state index contributed by atoms with van der Waals surface area (Å²) < 4.78 is 18.7. The van der Waals surface area contributed by atoms with E-state index < -0.39 is 0 Å². The number of rotatable bonds is 5. The van der Waals surface area contributed by atoms with Gasteiger partial charge in [-0.1, -0.05) is 0 Å². The number of amides is 1. The second-order valence-electron chi connectivity index (χ2n) is 6.54. The van der Waals surface area contributed by atoms with E-state index in [0.29, 0.717) is 47.5 Å². The molecule has 142 valence electrons. The van der Waals surface area contributed by atoms with Crippen molar-refractivity contribution in [1.82, 2.24) is 24.9 Å². The maximum absolute atomic E-state index is 11.3. The number of carbonyl (C=O) groups excluding carboxylic acids is 1. The number of ether oxygens (including phenoxy) is 2. The summed E-state index contributed by atoms with van der Waals surface area (Å²) in [5, 5.41) is 8.17. The number of carbonyl (C=O) groups is 1. The van der Waals surface area contributed by atoms with Crippen molar-refractivity contribution in [2.45, 2.75) is 18.9 Å². The van der Waals surface area contributed by atoms with Crippen LogP contribution in [0.4, 0.5) is 0 Å². The molecule has 5 rings (SSSR count). The van der Waals surface area contributed by atoms with Crippen molar-refractivity contribution < 1.29 is 18.7 Å². The normalized spacial score (nSPS) is 16.6. The molecule has 1 aliphatic rings. The van der Waals surface area contributed by atoms with Gasteiger partial charge in [-0.15, -0.1) is 5.10 Å². The third-order valence-electron chi connectivity index (χ3n) is 4.71. The lowest BCUT2D eigenvalue weighted by molar-refractivity contribution is -0.119. The number of hydrogen-bond acceptors (Lipinski definition) is 7. The van der Waals surface area contributed by atoms with Crippen LogP contribution in [0.2, 0.25) is 0 Å². The zero-order chi connectivity index (χ0) is 19.1. The van der Waals surface area contributed by atoms with E-state index in [-0.39, 0.29) is 11.9 Å². The number of methoxy groups -OCH3 is 1. The fourth-order valence-corrected chi connectivity index (χ4v) is 3.32. The minimum Gasteiger partial charge on any atom is -0.480 e. The van der Waals surface area contributed by atoms with E-state index in [1.165, 1.54) is 0 Å². The fourth-order valence-electron chi connectivity index (χ4n) is 3.32. The van der Waals surface area contributed by atoms with E-state index in [0.717, 1.165) is 11.8 Å². The standard InChI is InChI=1S/C19H17N5O4/c1-26-19-12-8-15(28-14(12)6-7-20-19)13-9-21-16-3-5-18(23-24(13)16)27-10-11-2-4-17(25)22-11/h3,5-9,11H,2,4,10H2,1H3,(H,22,25)/t11-/m0/s1. The van der Waals surface area contributed by atoms with Crippen molar-refractivity contribution in [2.75, 3.05) is 13.7 Å². The van der Waals surface area contributed by atoms with Crippen molar-refractivity contribution in [1.29, 1.82) is 0 Å². The first-order valence-corrected chi connectivity index (χ1v) is 8.91. The van der Waals surface area contributed by atoms with Crippen LogP contribution in [0.15, 0.2) is 41.1 Å². The van der Waals surface area contributed by atoms with Gasteiger partial charge in [-0.25, -0.2) is 14.5 Å². The molecule has 4 aromatic heterocycles. The summed E-state index contributed by atoms with van der Waals surface area (Å²) in [5.41, 5.74) is 2.02. The number of imidazole rings is 1. The first-order valence-electron chi connectivity index (χ1n) is 8.91. The van der Waals surface area contributed by atoms with E-state index in [2.05, 4.69) is 20.4 Å². The zero-order valence-corrected chi connectivity index (χ0v) is 15.1. The second kappa shape index (κ2) is 6.52. The van der Waals surface area contributed by atoms with Gasteiger partial charge in [0, 0.05) is 24.8 Å². The highest BCUT2D eigenvalue weighted by molar-refractivity contribution is 5.86. The molecule has 0 radical (unpaired) electrons. The summed E-state index contributed by atoms with van der Waals surface area (Å²) in [7, 11) is 1.57. The van der Waals surface area contributed by atoms with Crippen LogP contribution in [0.5, 0.6) is 11.8 Å². The van der Waals surface area contributed by atoms with E-state index in [1.54, 1.807) is 36.2 Å². The van der Waals surface area contributed by atoms with Crippen molar-refractivity contribution >= 4 is 22.5 Å². The number of nitrogens with zero attached hydrogens (tertiary/aromatic N) is 4. The molecular formula is C19H17N5O4. The molecule has 28 heavy (non-hydrogen) atoms. The molecule has 0 spiro atoms. The van der Waals surface area contributed by atoms with Gasteiger partial charge >= 0.3 is 0 Å². The number of hydrogen-bond donors (Lipinski definition) is 1. The molecule has 1 amide bonds. The summed E-state index contributed by atoms with van der Waals surface area (Å²) in [6.07, 6.45) is 4.64. The molecule has 5 heterocycles. The Balaban J connectivity index is 1.47. The molecule has 4 aromatic rings. The fraction of sp³-hybridized carbons (Fsp3) is 0.263. The molecule has 0 saturated carbocycles. The molecule has 9 heteroatoms. The Morgan fingerprint density at radius 3 is 3.07 bits per heavy atom. The van der Waals surface area contributed by atoms with E-state index in [9.17, 15) is 4.79 Å². The largest absolute Gasteiger partial charge is 0.480 e. The molecule has 1 saturated heterocycles. The van der Waals surface area contributed by atoms with Gasteiger partial charge in [0.2, 0.25) is 17.7 Å². The highest BCUT2D eigenvalue weighted by Crippen LogP contribution is 2.32. The van der Waals surface area contributed by atoms with Gasteiger partial charge in [-0.2, -0.15) is 0 Å². The molecule has 0 unspecified atom stereocenters. The smallest absolute Gasteiger partial charge is 0.231 e. The molecule has 1 fully saturated rings. The highest BCUT2D eigenvalue weighted by Gasteiger charge is 2.21. The Kier molecular flexibility index (Phi) is 3.85. The summed E-state index contributed by atoms with van der Waals surface area (Å²) in [5.74, 6) is 1.60. The summed E-state index contributed by atoms with van der Waals surface area (Å²) in [6, 6.07) is 7.23. The Labute approximate surface area is 159 Å². The van der Waals surface area contributed by atoms with Crippen LogP contribution >= 0.6 is 0 Å². The van der Waals surface area contributed by atoms with Crippen molar-refractivity contribution in [2.24, 2.45) is 0 Å². The van der Waals surface area contributed by atoms with Crippen LogP contribution in [0, 0.1) is 0 Å². The van der Waals surface area contributed by atoms with E-state index in [4.69, 9.17) is 13.9 Å². The summed E-state index contributed by atoms with van der Waals surface area (Å²) in [6.45, 7) is 0.377. The van der Waals surface area contributed by atoms with Crippen LogP contribution < -0.4 is 14.8 Å². The Morgan fingerprint density at radius 1 is 1.32 bits per heavy atom. The van der Waals surface area contributed by atoms with Crippen molar-refractivity contribution in [3.8, 4) is 23.2 Å². The summed E-state index contributed by atoms with van der Waals surface area (Å²) in [4.78, 5) is 19.9. The van der Waals surface area contributed by atoms with Crippen LogP contribution in [-0.2, 0) is 4.79 Å². The predicted molar refractivity (Wildman–Crippen MR) is 99.2 cm³/mol. The molecule has 0 aromatic carbocycles. The van der Waals surface area contributed by atoms with Crippen LogP contribution in [0.3, 0.4) is 0 Å². The zero-order valence-electron chi connectivity index (χ0n) is 15.1. The lowest BCUT2D eigenvalue weighted by Gasteiger charge is -2.11. The maximum Gasteiger partial charge on any atom is 0.231 e. The minimum atomic E-state index is 0.0163. The Morgan fingerprint density at radius 2 is 2.25 bits per heavy atom. The van der Waals surface area contributed by atoms with Gasteiger partial charge in [0.05, 0.1) is 24.7 Å². The topological polar surface area (TPSA) is 104 Å². The highest BCUT2D eigenvalue weighted by atomic mass is 16.5. The van der Waals surface area contributed by atoms with Gasteiger partial charge in [0.15, 0.2) is 11.4 Å². The van der Waals surface area contributed by atoms with Gasteiger partial charge in [0.25, 0.3) is 0 Å². The molecule has 1 atom stereocenters. The van der Waals surface area contributed by atoms with Crippen LogP contribution in [-0.4, -0.2) is 45.2 Å². The number of nitrogens with one attached hydrogen (secondary N) is 1. The molecule has 1 N–H and O–H groups in total. The molecule has 1 aliphatic heterocycles. The first-order chi connectivity index (χ1) is 13.7. The second-order valence-corrected chi connectivity index (χ2v) is 6.54. The first kappa shape index (κ1) is 16.5. The average Bonchev–Trinajstić information content (AvgIpc) is 3.42. The molecular weight excluding hydrogens is 362 g/mol. The Bertz CT molecular complexity index is 1180. The SMILES string of the molecule is COc1nccc2oc(-c3cnc4ccc(OC[C@@H]5CCC(=O)N5)nn34)cc12.